The summed E-state index contributed by atoms with van der Waals surface area (Å²) in [4.78, 5) is 0. The second-order valence-electron chi connectivity index (χ2n) is 1.55. The Bertz CT molecular complexity index is 110. The second-order valence-corrected chi connectivity index (χ2v) is 1.82. The van der Waals surface area contributed by atoms with Gasteiger partial charge >= 0.3 is 0 Å². The maximum absolute atomic E-state index is 6.82. The Morgan fingerprint density at radius 2 is 2.44 bits per heavy atom. The van der Waals surface area contributed by atoms with Gasteiger partial charge in [0.05, 0.1) is 5.88 Å². The van der Waals surface area contributed by atoms with E-state index in [1.807, 2.05) is 6.92 Å². The molecule has 3 heteroatoms. The maximum atomic E-state index is 6.82. The molecule has 0 saturated carbocycles. The van der Waals surface area contributed by atoms with Gasteiger partial charge in [-0.2, -0.15) is 0 Å². The van der Waals surface area contributed by atoms with Crippen molar-refractivity contribution in [2.45, 2.75) is 6.92 Å². The molecule has 0 aromatic rings. The molecule has 0 aliphatic carbocycles. The van der Waals surface area contributed by atoms with Gasteiger partial charge in [0.2, 0.25) is 0 Å². The molecule has 0 aliphatic heterocycles. The van der Waals surface area contributed by atoms with Gasteiger partial charge in [-0.3, -0.25) is 0 Å². The summed E-state index contributed by atoms with van der Waals surface area (Å²) < 4.78 is 0. The molecule has 9 heavy (non-hydrogen) atoms. The predicted octanol–water partition coefficient (Wildman–Crippen LogP) is 1.37. The largest absolute Gasteiger partial charge is 0.391 e. The monoisotopic (exact) mass is 146 g/mol. The van der Waals surface area contributed by atoms with E-state index in [1.54, 1.807) is 6.20 Å². The molecule has 0 atom stereocenters. The van der Waals surface area contributed by atoms with Crippen LogP contribution in [0.15, 0.2) is 11.8 Å². The first kappa shape index (κ1) is 8.50. The standard InChI is InChI=1S/C6H11ClN2/c1-2-9-5-6(3-7)4-8/h4-5,8-9H,2-3H2,1H3/b6-5-,8-4?. The van der Waals surface area contributed by atoms with E-state index in [2.05, 4.69) is 5.32 Å². The lowest BCUT2D eigenvalue weighted by Crippen LogP contribution is -2.05. The molecule has 0 aromatic heterocycles. The van der Waals surface area contributed by atoms with E-state index in [9.17, 15) is 0 Å². The van der Waals surface area contributed by atoms with Crippen LogP contribution in [0.4, 0.5) is 0 Å². The van der Waals surface area contributed by atoms with Gasteiger partial charge in [0.15, 0.2) is 0 Å². The van der Waals surface area contributed by atoms with Crippen molar-refractivity contribution in [2.24, 2.45) is 0 Å². The van der Waals surface area contributed by atoms with Crippen molar-refractivity contribution in [3.63, 3.8) is 0 Å². The molecule has 0 fully saturated rings. The van der Waals surface area contributed by atoms with Crippen LogP contribution in [-0.2, 0) is 0 Å². The van der Waals surface area contributed by atoms with E-state index in [0.29, 0.717) is 5.88 Å². The quantitative estimate of drug-likeness (QED) is 0.456. The summed E-state index contributed by atoms with van der Waals surface area (Å²) in [5, 5.41) is 9.77. The number of allylic oxidation sites excluding steroid dienone is 1. The van der Waals surface area contributed by atoms with E-state index in [4.69, 9.17) is 17.0 Å². The average Bonchev–Trinajstić information content (AvgIpc) is 1.91. The van der Waals surface area contributed by atoms with E-state index in [-0.39, 0.29) is 0 Å². The molecule has 52 valence electrons. The average molecular weight is 147 g/mol. The fourth-order valence-corrected chi connectivity index (χ4v) is 0.506. The first-order valence-corrected chi connectivity index (χ1v) is 3.37. The molecule has 0 aliphatic rings. The van der Waals surface area contributed by atoms with Crippen molar-refractivity contribution in [2.75, 3.05) is 12.4 Å². The Morgan fingerprint density at radius 1 is 1.78 bits per heavy atom. The van der Waals surface area contributed by atoms with Gasteiger partial charge in [0.25, 0.3) is 0 Å². The Balaban J connectivity index is 3.61. The molecular formula is C6H11ClN2. The minimum Gasteiger partial charge on any atom is -0.391 e. The lowest BCUT2D eigenvalue weighted by molar-refractivity contribution is 0.914. The first-order valence-electron chi connectivity index (χ1n) is 2.84. The molecule has 0 rings (SSSR count). The van der Waals surface area contributed by atoms with Gasteiger partial charge in [0, 0.05) is 24.5 Å². The third kappa shape index (κ3) is 4.03. The van der Waals surface area contributed by atoms with Crippen LogP contribution in [0.2, 0.25) is 0 Å². The molecule has 2 N–H and O–H groups in total. The van der Waals surface area contributed by atoms with Crippen LogP contribution in [0.1, 0.15) is 6.92 Å². The van der Waals surface area contributed by atoms with Crippen LogP contribution in [0.25, 0.3) is 0 Å². The molecule has 0 spiro atoms. The Hall–Kier alpha value is -0.500. The summed E-state index contributed by atoms with van der Waals surface area (Å²) in [6.07, 6.45) is 3.00. The number of hydrogen-bond acceptors (Lipinski definition) is 2. The van der Waals surface area contributed by atoms with E-state index in [0.717, 1.165) is 12.1 Å². The lowest BCUT2D eigenvalue weighted by atomic mass is 10.4. The zero-order chi connectivity index (χ0) is 7.11. The number of halogens is 1. The van der Waals surface area contributed by atoms with Crippen molar-refractivity contribution < 1.29 is 0 Å². The fraction of sp³-hybridized carbons (Fsp3) is 0.500. The molecule has 2 nitrogen and oxygen atoms in total. The molecule has 0 heterocycles. The number of hydrogen-bond donors (Lipinski definition) is 2. The maximum Gasteiger partial charge on any atom is 0.0503 e. The van der Waals surface area contributed by atoms with Crippen molar-refractivity contribution in [3.05, 3.63) is 11.8 Å². The number of nitrogens with one attached hydrogen (secondary N) is 2. The third-order valence-corrected chi connectivity index (χ3v) is 1.14. The van der Waals surface area contributed by atoms with Crippen LogP contribution in [0.3, 0.4) is 0 Å². The molecule has 0 saturated heterocycles. The van der Waals surface area contributed by atoms with E-state index < -0.39 is 0 Å². The molecule has 0 unspecified atom stereocenters. The van der Waals surface area contributed by atoms with Gasteiger partial charge < -0.3 is 10.7 Å². The Labute approximate surface area is 60.4 Å². The predicted molar refractivity (Wildman–Crippen MR) is 41.3 cm³/mol. The van der Waals surface area contributed by atoms with Crippen LogP contribution < -0.4 is 5.32 Å². The summed E-state index contributed by atoms with van der Waals surface area (Å²) in [6, 6.07) is 0. The van der Waals surface area contributed by atoms with E-state index >= 15 is 0 Å². The molecule has 0 radical (unpaired) electrons. The van der Waals surface area contributed by atoms with Crippen LogP contribution in [0, 0.1) is 5.41 Å². The molecule has 0 aromatic carbocycles. The highest BCUT2D eigenvalue weighted by molar-refractivity contribution is 6.21. The van der Waals surface area contributed by atoms with Gasteiger partial charge in [-0.15, -0.1) is 11.6 Å². The third-order valence-electron chi connectivity index (χ3n) is 0.831. The van der Waals surface area contributed by atoms with Crippen molar-refractivity contribution in [3.8, 4) is 0 Å². The lowest BCUT2D eigenvalue weighted by Gasteiger charge is -1.94. The van der Waals surface area contributed by atoms with Crippen LogP contribution in [0.5, 0.6) is 0 Å². The van der Waals surface area contributed by atoms with Crippen molar-refractivity contribution >= 4 is 17.8 Å². The second kappa shape index (κ2) is 5.63. The highest BCUT2D eigenvalue weighted by atomic mass is 35.5. The first-order chi connectivity index (χ1) is 4.35. The number of alkyl halides is 1. The fourth-order valence-electron chi connectivity index (χ4n) is 0.352. The summed E-state index contributed by atoms with van der Waals surface area (Å²) in [5.74, 6) is 0.399. The van der Waals surface area contributed by atoms with Gasteiger partial charge in [-0.1, -0.05) is 0 Å². The van der Waals surface area contributed by atoms with Crippen LogP contribution in [-0.4, -0.2) is 18.6 Å². The Morgan fingerprint density at radius 3 is 2.78 bits per heavy atom. The van der Waals surface area contributed by atoms with Gasteiger partial charge in [-0.05, 0) is 6.92 Å². The zero-order valence-electron chi connectivity index (χ0n) is 5.45. The number of rotatable bonds is 4. The van der Waals surface area contributed by atoms with Crippen molar-refractivity contribution in [1.82, 2.24) is 5.32 Å². The molecule has 0 amide bonds. The van der Waals surface area contributed by atoms with Gasteiger partial charge in [-0.25, -0.2) is 0 Å². The summed E-state index contributed by atoms with van der Waals surface area (Å²) in [7, 11) is 0. The SMILES string of the molecule is CCN/C=C(\C=N)CCl. The van der Waals surface area contributed by atoms with E-state index in [1.165, 1.54) is 6.21 Å². The normalized spacial score (nSPS) is 11.1. The summed E-state index contributed by atoms with van der Waals surface area (Å²) >= 11 is 5.44. The minimum atomic E-state index is 0.399. The minimum absolute atomic E-state index is 0.399. The van der Waals surface area contributed by atoms with Gasteiger partial charge in [0.1, 0.15) is 0 Å². The highest BCUT2D eigenvalue weighted by Crippen LogP contribution is 1.89. The zero-order valence-corrected chi connectivity index (χ0v) is 6.20. The molecular weight excluding hydrogens is 136 g/mol. The smallest absolute Gasteiger partial charge is 0.0503 e. The highest BCUT2D eigenvalue weighted by Gasteiger charge is 1.85. The topological polar surface area (TPSA) is 35.9 Å². The molecule has 0 bridgehead atoms. The van der Waals surface area contributed by atoms with Crippen LogP contribution >= 0.6 is 11.6 Å². The summed E-state index contributed by atoms with van der Waals surface area (Å²) in [6.45, 7) is 2.86. The Kier molecular flexibility index (Phi) is 5.32. The summed E-state index contributed by atoms with van der Waals surface area (Å²) in [5.41, 5.74) is 0.804. The van der Waals surface area contributed by atoms with Crippen molar-refractivity contribution in [1.29, 1.82) is 5.41 Å².